The number of anilines is 1. The highest BCUT2D eigenvalue weighted by molar-refractivity contribution is 7.99. The third-order valence-corrected chi connectivity index (χ3v) is 3.09. The van der Waals surface area contributed by atoms with Crippen LogP contribution in [0.5, 0.6) is 0 Å². The van der Waals surface area contributed by atoms with Crippen LogP contribution in [0.3, 0.4) is 0 Å². The van der Waals surface area contributed by atoms with E-state index in [1.54, 1.807) is 18.0 Å². The zero-order chi connectivity index (χ0) is 11.9. The Hall–Kier alpha value is -1.74. The van der Waals surface area contributed by atoms with Gasteiger partial charge in [-0.3, -0.25) is 0 Å². The van der Waals surface area contributed by atoms with Crippen LogP contribution in [0.2, 0.25) is 0 Å². The molecule has 0 fully saturated rings. The first kappa shape index (κ1) is 11.7. The first-order valence-corrected chi connectivity index (χ1v) is 6.39. The maximum absolute atomic E-state index is 5.57. The molecule has 1 aromatic heterocycles. The molecule has 86 valence electrons. The van der Waals surface area contributed by atoms with Crippen LogP contribution in [0.4, 0.5) is 5.69 Å². The van der Waals surface area contributed by atoms with Gasteiger partial charge in [0.15, 0.2) is 0 Å². The summed E-state index contributed by atoms with van der Waals surface area (Å²) in [4.78, 5) is 4.23. The molecule has 0 aliphatic carbocycles. The van der Waals surface area contributed by atoms with Crippen LogP contribution < -0.4 is 5.73 Å². The Morgan fingerprint density at radius 3 is 2.65 bits per heavy atom. The molecule has 2 nitrogen and oxygen atoms in total. The van der Waals surface area contributed by atoms with Gasteiger partial charge in [0.2, 0.25) is 0 Å². The van der Waals surface area contributed by atoms with Crippen molar-refractivity contribution < 1.29 is 0 Å². The SMILES string of the molecule is Nc1ccc(SC/C=C/c2ccccc2)nc1. The fourth-order valence-corrected chi connectivity index (χ4v) is 2.01. The Balaban J connectivity index is 1.84. The lowest BCUT2D eigenvalue weighted by atomic mass is 10.2. The van der Waals surface area contributed by atoms with E-state index in [4.69, 9.17) is 5.73 Å². The lowest BCUT2D eigenvalue weighted by Crippen LogP contribution is -1.86. The molecule has 2 aromatic rings. The summed E-state index contributed by atoms with van der Waals surface area (Å²) in [6, 6.07) is 14.1. The van der Waals surface area contributed by atoms with Crippen LogP contribution in [-0.4, -0.2) is 10.7 Å². The van der Waals surface area contributed by atoms with Gasteiger partial charge in [0, 0.05) is 5.75 Å². The van der Waals surface area contributed by atoms with Gasteiger partial charge in [-0.05, 0) is 17.7 Å². The summed E-state index contributed by atoms with van der Waals surface area (Å²) in [7, 11) is 0. The van der Waals surface area contributed by atoms with Gasteiger partial charge in [-0.15, -0.1) is 11.8 Å². The summed E-state index contributed by atoms with van der Waals surface area (Å²) in [6.45, 7) is 0. The van der Waals surface area contributed by atoms with Crippen LogP contribution in [-0.2, 0) is 0 Å². The van der Waals surface area contributed by atoms with Gasteiger partial charge >= 0.3 is 0 Å². The lowest BCUT2D eigenvalue weighted by Gasteiger charge is -1.97. The molecule has 1 heterocycles. The Kier molecular flexibility index (Phi) is 4.22. The minimum Gasteiger partial charge on any atom is -0.397 e. The quantitative estimate of drug-likeness (QED) is 0.834. The molecule has 2 rings (SSSR count). The number of hydrogen-bond donors (Lipinski definition) is 1. The maximum atomic E-state index is 5.57. The molecule has 0 atom stereocenters. The van der Waals surface area contributed by atoms with E-state index >= 15 is 0 Å². The molecule has 0 spiro atoms. The molecule has 0 saturated carbocycles. The molecule has 17 heavy (non-hydrogen) atoms. The van der Waals surface area contributed by atoms with Crippen molar-refractivity contribution in [3.05, 3.63) is 60.3 Å². The third kappa shape index (κ3) is 3.96. The van der Waals surface area contributed by atoms with E-state index in [1.165, 1.54) is 5.56 Å². The van der Waals surface area contributed by atoms with Crippen molar-refractivity contribution >= 4 is 23.5 Å². The van der Waals surface area contributed by atoms with E-state index in [1.807, 2.05) is 30.3 Å². The summed E-state index contributed by atoms with van der Waals surface area (Å²) in [5.74, 6) is 0.909. The van der Waals surface area contributed by atoms with Crippen LogP contribution in [0.1, 0.15) is 5.56 Å². The summed E-state index contributed by atoms with van der Waals surface area (Å²) in [5, 5.41) is 0.997. The molecule has 0 saturated heterocycles. The fraction of sp³-hybridized carbons (Fsp3) is 0.0714. The number of thioether (sulfide) groups is 1. The molecule has 0 amide bonds. The van der Waals surface area contributed by atoms with E-state index in [0.29, 0.717) is 5.69 Å². The largest absolute Gasteiger partial charge is 0.397 e. The van der Waals surface area contributed by atoms with Crippen molar-refractivity contribution in [2.45, 2.75) is 5.03 Å². The molecule has 0 radical (unpaired) electrons. The summed E-state index contributed by atoms with van der Waals surface area (Å²) in [5.41, 5.74) is 7.50. The van der Waals surface area contributed by atoms with Crippen molar-refractivity contribution in [2.75, 3.05) is 11.5 Å². The van der Waals surface area contributed by atoms with E-state index in [0.717, 1.165) is 10.8 Å². The number of rotatable bonds is 4. The molecule has 0 aliphatic heterocycles. The van der Waals surface area contributed by atoms with Crippen molar-refractivity contribution in [1.29, 1.82) is 0 Å². The second-order valence-corrected chi connectivity index (χ2v) is 4.59. The lowest BCUT2D eigenvalue weighted by molar-refractivity contribution is 1.14. The highest BCUT2D eigenvalue weighted by Gasteiger charge is 1.92. The number of nitrogen functional groups attached to an aromatic ring is 1. The van der Waals surface area contributed by atoms with Gasteiger partial charge in [-0.25, -0.2) is 4.98 Å². The predicted octanol–water partition coefficient (Wildman–Crippen LogP) is 3.47. The van der Waals surface area contributed by atoms with Crippen LogP contribution in [0, 0.1) is 0 Å². The Morgan fingerprint density at radius 2 is 1.94 bits per heavy atom. The van der Waals surface area contributed by atoms with E-state index in [9.17, 15) is 0 Å². The highest BCUT2D eigenvalue weighted by atomic mass is 32.2. The molecule has 3 heteroatoms. The average molecular weight is 242 g/mol. The third-order valence-electron chi connectivity index (χ3n) is 2.20. The van der Waals surface area contributed by atoms with Gasteiger partial charge in [-0.2, -0.15) is 0 Å². The van der Waals surface area contributed by atoms with E-state index in [2.05, 4.69) is 29.3 Å². The first-order chi connectivity index (χ1) is 8.34. The van der Waals surface area contributed by atoms with Gasteiger partial charge in [0.1, 0.15) is 0 Å². The topological polar surface area (TPSA) is 38.9 Å². The standard InChI is InChI=1S/C14H14N2S/c15-13-8-9-14(16-11-13)17-10-4-7-12-5-2-1-3-6-12/h1-9,11H,10,15H2/b7-4+. The van der Waals surface area contributed by atoms with Crippen molar-refractivity contribution in [1.82, 2.24) is 4.98 Å². The Labute approximate surface area is 106 Å². The molecule has 0 unspecified atom stereocenters. The first-order valence-electron chi connectivity index (χ1n) is 5.40. The monoisotopic (exact) mass is 242 g/mol. The van der Waals surface area contributed by atoms with E-state index < -0.39 is 0 Å². The van der Waals surface area contributed by atoms with Crippen molar-refractivity contribution in [3.8, 4) is 0 Å². The van der Waals surface area contributed by atoms with Crippen molar-refractivity contribution in [2.24, 2.45) is 0 Å². The van der Waals surface area contributed by atoms with Crippen molar-refractivity contribution in [3.63, 3.8) is 0 Å². The minimum absolute atomic E-state index is 0.703. The predicted molar refractivity (Wildman–Crippen MR) is 74.8 cm³/mol. The van der Waals surface area contributed by atoms with Gasteiger partial charge in [0.25, 0.3) is 0 Å². The Bertz CT molecular complexity index is 477. The molecule has 2 N–H and O–H groups in total. The summed E-state index contributed by atoms with van der Waals surface area (Å²) < 4.78 is 0. The van der Waals surface area contributed by atoms with E-state index in [-0.39, 0.29) is 0 Å². The number of hydrogen-bond acceptors (Lipinski definition) is 3. The molecular weight excluding hydrogens is 228 g/mol. The second-order valence-electron chi connectivity index (χ2n) is 3.55. The fourth-order valence-electron chi connectivity index (χ4n) is 1.36. The zero-order valence-electron chi connectivity index (χ0n) is 9.41. The van der Waals surface area contributed by atoms with Gasteiger partial charge in [0.05, 0.1) is 16.9 Å². The maximum Gasteiger partial charge on any atom is 0.0964 e. The number of benzene rings is 1. The zero-order valence-corrected chi connectivity index (χ0v) is 10.2. The number of pyridine rings is 1. The average Bonchev–Trinajstić information content (AvgIpc) is 2.38. The van der Waals surface area contributed by atoms with Crippen LogP contribution in [0.25, 0.3) is 6.08 Å². The smallest absolute Gasteiger partial charge is 0.0964 e. The van der Waals surface area contributed by atoms with Gasteiger partial charge < -0.3 is 5.73 Å². The van der Waals surface area contributed by atoms with Gasteiger partial charge in [-0.1, -0.05) is 42.5 Å². The Morgan fingerprint density at radius 1 is 1.12 bits per heavy atom. The van der Waals surface area contributed by atoms with Crippen LogP contribution >= 0.6 is 11.8 Å². The number of aromatic nitrogens is 1. The summed E-state index contributed by atoms with van der Waals surface area (Å²) >= 11 is 1.69. The van der Waals surface area contributed by atoms with Crippen LogP contribution in [0.15, 0.2) is 59.8 Å². The second kappa shape index (κ2) is 6.11. The highest BCUT2D eigenvalue weighted by Crippen LogP contribution is 2.16. The molecule has 0 aliphatic rings. The minimum atomic E-state index is 0.703. The molecular formula is C14H14N2S. The molecule has 1 aromatic carbocycles. The number of nitrogens with zero attached hydrogens (tertiary/aromatic N) is 1. The number of nitrogens with two attached hydrogens (primary N) is 1. The normalized spacial score (nSPS) is 10.8. The summed E-state index contributed by atoms with van der Waals surface area (Å²) in [6.07, 6.45) is 5.94. The molecule has 0 bridgehead atoms.